The molecule has 2 fully saturated rings. The maximum Gasteiger partial charge on any atom is 0.439 e. The smallest absolute Gasteiger partial charge is 0.391 e. The van der Waals surface area contributed by atoms with Crippen LogP contribution in [0, 0.1) is 17.8 Å². The van der Waals surface area contributed by atoms with Crippen LogP contribution in [0.15, 0.2) is 33.8 Å². The Morgan fingerprint density at radius 3 is 2.67 bits per heavy atom. The van der Waals surface area contributed by atoms with E-state index in [1.165, 1.54) is 12.8 Å². The number of hydrogen-bond donors (Lipinski definition) is 2. The van der Waals surface area contributed by atoms with Gasteiger partial charge in [-0.15, -0.1) is 0 Å². The highest BCUT2D eigenvalue weighted by Crippen LogP contribution is 2.39. The number of anilines is 1. The Kier molecular flexibility index (Phi) is 6.93. The Bertz CT molecular complexity index is 1540. The predicted molar refractivity (Wildman–Crippen MR) is 150 cm³/mol. The van der Waals surface area contributed by atoms with Gasteiger partial charge in [0.05, 0.1) is 27.9 Å². The number of aromatic amines is 1. The molecule has 2 atom stereocenters. The van der Waals surface area contributed by atoms with Crippen LogP contribution in [0.2, 0.25) is 5.02 Å². The van der Waals surface area contributed by atoms with Crippen molar-refractivity contribution in [2.75, 3.05) is 11.4 Å². The number of halogens is 1. The molecule has 4 aromatic heterocycles. The van der Waals surface area contributed by atoms with Gasteiger partial charge < -0.3 is 14.6 Å². The lowest BCUT2D eigenvalue weighted by Crippen LogP contribution is -2.36. The summed E-state index contributed by atoms with van der Waals surface area (Å²) in [5, 5.41) is 15.1. The van der Waals surface area contributed by atoms with Gasteiger partial charge in [0.15, 0.2) is 0 Å². The van der Waals surface area contributed by atoms with Crippen molar-refractivity contribution in [3.8, 4) is 22.8 Å². The molecular formula is C28H34ClN7O3. The first-order valence-electron chi connectivity index (χ1n) is 13.8. The van der Waals surface area contributed by atoms with Crippen LogP contribution in [0.5, 0.6) is 0 Å². The third kappa shape index (κ3) is 5.07. The topological polar surface area (TPSA) is 126 Å². The molecule has 0 radical (unpaired) electrons. The summed E-state index contributed by atoms with van der Waals surface area (Å²) in [6.07, 6.45) is 8.38. The third-order valence-electron chi connectivity index (χ3n) is 8.29. The molecule has 6 rings (SSSR count). The van der Waals surface area contributed by atoms with Gasteiger partial charge in [-0.2, -0.15) is 0 Å². The van der Waals surface area contributed by atoms with E-state index in [1.807, 2.05) is 12.1 Å². The molecule has 4 aromatic rings. The molecule has 2 N–H and O–H groups in total. The summed E-state index contributed by atoms with van der Waals surface area (Å²) in [5.74, 6) is 2.02. The minimum Gasteiger partial charge on any atom is -0.391 e. The van der Waals surface area contributed by atoms with Gasteiger partial charge in [-0.05, 0) is 49.1 Å². The first-order chi connectivity index (χ1) is 18.8. The number of pyridine rings is 2. The second-order valence-electron chi connectivity index (χ2n) is 11.6. The Morgan fingerprint density at radius 1 is 1.18 bits per heavy atom. The Morgan fingerprint density at radius 2 is 1.97 bits per heavy atom. The number of nitrogens with zero attached hydrogens (tertiary/aromatic N) is 6. The number of imidazole rings is 1. The minimum atomic E-state index is -0.651. The number of aliphatic hydroxyl groups is 1. The number of β-amino-alcohol motifs (C(OH)–C–C–N with tert-alkyl or cyclic N) is 1. The standard InChI is InChI=1S/C28H34ClN7O3/c1-15(2)23-9-20(37)14-35(23)27-32-21-10-22(26-33-28(38)39-34-26)31-24(18-8-19(29)12-30-11-18)25(21)36(27)13-17-6-4-16(3)5-7-17/h8,10-12,15-17,20,23,37H,4-7,9,13-14H2,1-3H3,(H,33,34,38)/t16?,17?,20-,23?/m1/s1. The second kappa shape index (κ2) is 10.4. The lowest BCUT2D eigenvalue weighted by molar-refractivity contribution is 0.191. The van der Waals surface area contributed by atoms with Crippen LogP contribution in [-0.4, -0.2) is 53.5 Å². The highest BCUT2D eigenvalue weighted by molar-refractivity contribution is 6.30. The van der Waals surface area contributed by atoms with Crippen molar-refractivity contribution < 1.29 is 9.63 Å². The average molecular weight is 552 g/mol. The van der Waals surface area contributed by atoms with E-state index in [0.29, 0.717) is 41.2 Å². The zero-order valence-electron chi connectivity index (χ0n) is 22.5. The number of aromatic nitrogens is 6. The highest BCUT2D eigenvalue weighted by Gasteiger charge is 2.37. The van der Waals surface area contributed by atoms with Gasteiger partial charge in [0, 0.05) is 37.1 Å². The Hall–Kier alpha value is -3.24. The van der Waals surface area contributed by atoms with Crippen LogP contribution >= 0.6 is 11.6 Å². The van der Waals surface area contributed by atoms with E-state index in [1.54, 1.807) is 12.4 Å². The van der Waals surface area contributed by atoms with Crippen molar-refractivity contribution in [2.45, 2.75) is 71.6 Å². The molecule has 11 heteroatoms. The quantitative estimate of drug-likeness (QED) is 0.346. The Labute approximate surface area is 231 Å². The van der Waals surface area contributed by atoms with Gasteiger partial charge in [-0.1, -0.05) is 50.4 Å². The molecule has 2 aliphatic rings. The van der Waals surface area contributed by atoms with Gasteiger partial charge in [0.25, 0.3) is 0 Å². The van der Waals surface area contributed by atoms with Gasteiger partial charge in [-0.3, -0.25) is 14.5 Å². The fraction of sp³-hybridized carbons (Fsp3) is 0.536. The number of H-pyrrole nitrogens is 1. The van der Waals surface area contributed by atoms with Gasteiger partial charge in [0.1, 0.15) is 5.69 Å². The van der Waals surface area contributed by atoms with Crippen molar-refractivity contribution >= 4 is 28.6 Å². The highest BCUT2D eigenvalue weighted by atomic mass is 35.5. The monoisotopic (exact) mass is 551 g/mol. The van der Waals surface area contributed by atoms with Gasteiger partial charge in [-0.25, -0.2) is 14.8 Å². The van der Waals surface area contributed by atoms with E-state index < -0.39 is 11.9 Å². The second-order valence-corrected chi connectivity index (χ2v) is 12.0. The fourth-order valence-electron chi connectivity index (χ4n) is 6.22. The first-order valence-corrected chi connectivity index (χ1v) is 14.2. The molecule has 0 aromatic carbocycles. The van der Waals surface area contributed by atoms with Crippen LogP contribution in [0.4, 0.5) is 5.95 Å². The molecular weight excluding hydrogens is 518 g/mol. The maximum atomic E-state index is 11.7. The number of hydrogen-bond acceptors (Lipinski definition) is 8. The molecule has 206 valence electrons. The van der Waals surface area contributed by atoms with Crippen molar-refractivity contribution in [1.82, 2.24) is 29.7 Å². The maximum absolute atomic E-state index is 11.7. The van der Waals surface area contributed by atoms with E-state index in [2.05, 4.69) is 45.4 Å². The van der Waals surface area contributed by atoms with E-state index in [9.17, 15) is 9.90 Å². The molecule has 10 nitrogen and oxygen atoms in total. The van der Waals surface area contributed by atoms with Crippen LogP contribution in [-0.2, 0) is 6.54 Å². The molecule has 1 saturated heterocycles. The summed E-state index contributed by atoms with van der Waals surface area (Å²) in [6, 6.07) is 3.84. The zero-order valence-corrected chi connectivity index (χ0v) is 23.2. The van der Waals surface area contributed by atoms with E-state index >= 15 is 0 Å². The molecule has 0 spiro atoms. The Balaban J connectivity index is 1.59. The van der Waals surface area contributed by atoms with Gasteiger partial charge in [0.2, 0.25) is 11.8 Å². The molecule has 1 saturated carbocycles. The fourth-order valence-corrected chi connectivity index (χ4v) is 6.39. The van der Waals surface area contributed by atoms with Gasteiger partial charge >= 0.3 is 5.76 Å². The lowest BCUT2D eigenvalue weighted by atomic mass is 9.83. The van der Waals surface area contributed by atoms with Crippen LogP contribution < -0.4 is 10.7 Å². The zero-order chi connectivity index (χ0) is 27.3. The molecule has 5 heterocycles. The van der Waals surface area contributed by atoms with Crippen molar-refractivity contribution in [3.63, 3.8) is 0 Å². The van der Waals surface area contributed by atoms with Crippen LogP contribution in [0.3, 0.4) is 0 Å². The third-order valence-corrected chi connectivity index (χ3v) is 8.50. The van der Waals surface area contributed by atoms with Crippen molar-refractivity contribution in [2.24, 2.45) is 17.8 Å². The van der Waals surface area contributed by atoms with Crippen molar-refractivity contribution in [3.05, 3.63) is 40.1 Å². The van der Waals surface area contributed by atoms with E-state index in [4.69, 9.17) is 26.1 Å². The van der Waals surface area contributed by atoms with Crippen LogP contribution in [0.25, 0.3) is 33.8 Å². The van der Waals surface area contributed by atoms with Crippen LogP contribution in [0.1, 0.15) is 52.9 Å². The largest absolute Gasteiger partial charge is 0.439 e. The summed E-state index contributed by atoms with van der Waals surface area (Å²) in [7, 11) is 0. The summed E-state index contributed by atoms with van der Waals surface area (Å²) in [4.78, 5) is 31.1. The number of rotatable bonds is 6. The SMILES string of the molecule is CC1CCC(Cn2c(N3C[C@H](O)CC3C(C)C)nc3cc(-c4noc(=O)[nH]4)nc(-c4cncc(Cl)c4)c32)CC1. The number of nitrogens with one attached hydrogen (secondary N) is 1. The summed E-state index contributed by atoms with van der Waals surface area (Å²) in [6.45, 7) is 8.04. The first kappa shape index (κ1) is 26.0. The van der Waals surface area contributed by atoms with E-state index in [0.717, 1.165) is 47.8 Å². The number of fused-ring (bicyclic) bond motifs is 1. The summed E-state index contributed by atoms with van der Waals surface area (Å²) < 4.78 is 7.06. The molecule has 0 amide bonds. The number of aliphatic hydroxyl groups excluding tert-OH is 1. The lowest BCUT2D eigenvalue weighted by Gasteiger charge is -2.31. The minimum absolute atomic E-state index is 0.164. The average Bonchev–Trinajstić information content (AvgIpc) is 3.61. The summed E-state index contributed by atoms with van der Waals surface area (Å²) >= 11 is 6.37. The molecule has 1 aliphatic heterocycles. The van der Waals surface area contributed by atoms with E-state index in [-0.39, 0.29) is 11.9 Å². The molecule has 1 aliphatic carbocycles. The predicted octanol–water partition coefficient (Wildman–Crippen LogP) is 4.91. The molecule has 0 bridgehead atoms. The normalized spacial score (nSPS) is 23.8. The van der Waals surface area contributed by atoms with Crippen molar-refractivity contribution in [1.29, 1.82) is 0 Å². The molecule has 39 heavy (non-hydrogen) atoms. The molecule has 1 unspecified atom stereocenters. The summed E-state index contributed by atoms with van der Waals surface area (Å²) in [5.41, 5.74) is 3.44.